The Morgan fingerprint density at radius 2 is 1.81 bits per heavy atom. The molecule has 3 unspecified atom stereocenters. The molecule has 2 aliphatic rings. The summed E-state index contributed by atoms with van der Waals surface area (Å²) in [6.07, 6.45) is 4.71. The molecule has 1 heterocycles. The van der Waals surface area contributed by atoms with Crippen molar-refractivity contribution < 1.29 is 19.4 Å². The quantitative estimate of drug-likeness (QED) is 0.303. The zero-order chi connectivity index (χ0) is 22.2. The average Bonchev–Trinajstić information content (AvgIpc) is 3.30. The molecule has 0 spiro atoms. The molecule has 0 fully saturated rings. The minimum Gasteiger partial charge on any atom is -0.480 e. The molecule has 6 heteroatoms. The van der Waals surface area contributed by atoms with Gasteiger partial charge in [-0.05, 0) is 41.3 Å². The van der Waals surface area contributed by atoms with Gasteiger partial charge in [-0.1, -0.05) is 72.3 Å². The number of ether oxygens (including phenoxy) is 1. The van der Waals surface area contributed by atoms with E-state index in [2.05, 4.69) is 5.32 Å². The number of rotatable bonds is 4. The summed E-state index contributed by atoms with van der Waals surface area (Å²) < 4.78 is 5.62. The van der Waals surface area contributed by atoms with Gasteiger partial charge >= 0.3 is 11.9 Å². The third-order valence-electron chi connectivity index (χ3n) is 6.12. The first kappa shape index (κ1) is 20.3. The summed E-state index contributed by atoms with van der Waals surface area (Å²) in [6.45, 7) is 0. The van der Waals surface area contributed by atoms with Gasteiger partial charge in [0.25, 0.3) is 0 Å². The number of carboxylic acids is 1. The van der Waals surface area contributed by atoms with Crippen molar-refractivity contribution in [2.45, 2.75) is 18.4 Å². The van der Waals surface area contributed by atoms with Crippen molar-refractivity contribution in [2.24, 2.45) is 5.92 Å². The largest absolute Gasteiger partial charge is 0.480 e. The predicted molar refractivity (Wildman–Crippen MR) is 123 cm³/mol. The van der Waals surface area contributed by atoms with Crippen LogP contribution >= 0.6 is 11.6 Å². The van der Waals surface area contributed by atoms with Crippen LogP contribution in [0.15, 0.2) is 78.9 Å². The molecule has 1 aliphatic heterocycles. The summed E-state index contributed by atoms with van der Waals surface area (Å²) in [6, 6.07) is 19.6. The van der Waals surface area contributed by atoms with Gasteiger partial charge < -0.3 is 15.2 Å². The van der Waals surface area contributed by atoms with Crippen LogP contribution in [0.1, 0.15) is 28.3 Å². The number of carbonyl (C=O) groups excluding carboxylic acids is 1. The first-order valence-electron chi connectivity index (χ1n) is 10.4. The van der Waals surface area contributed by atoms with E-state index in [4.69, 9.17) is 16.3 Å². The molecule has 3 atom stereocenters. The van der Waals surface area contributed by atoms with Crippen molar-refractivity contribution in [1.82, 2.24) is 0 Å². The second kappa shape index (κ2) is 8.17. The molecule has 0 amide bonds. The van der Waals surface area contributed by atoms with E-state index >= 15 is 0 Å². The molecule has 5 nitrogen and oxygen atoms in total. The highest BCUT2D eigenvalue weighted by Gasteiger charge is 2.42. The van der Waals surface area contributed by atoms with Gasteiger partial charge in [0.05, 0.1) is 16.3 Å². The molecule has 0 bridgehead atoms. The van der Waals surface area contributed by atoms with E-state index < -0.39 is 18.0 Å². The molecule has 0 aromatic heterocycles. The van der Waals surface area contributed by atoms with Gasteiger partial charge in [-0.2, -0.15) is 0 Å². The lowest BCUT2D eigenvalue weighted by Crippen LogP contribution is -2.42. The van der Waals surface area contributed by atoms with E-state index in [0.29, 0.717) is 17.1 Å². The molecule has 1 aliphatic carbocycles. The van der Waals surface area contributed by atoms with E-state index in [1.54, 1.807) is 24.3 Å². The van der Waals surface area contributed by atoms with Gasteiger partial charge in [0.1, 0.15) is 11.8 Å². The van der Waals surface area contributed by atoms with E-state index in [1.807, 2.05) is 54.6 Å². The van der Waals surface area contributed by atoms with E-state index in [9.17, 15) is 14.7 Å². The number of aliphatic carboxylic acids is 1. The van der Waals surface area contributed by atoms with Crippen molar-refractivity contribution in [3.63, 3.8) is 0 Å². The number of halogens is 1. The Balaban J connectivity index is 1.45. The fourth-order valence-electron chi connectivity index (χ4n) is 4.58. The Hall–Kier alpha value is -3.57. The first-order chi connectivity index (χ1) is 15.5. The zero-order valence-electron chi connectivity index (χ0n) is 17.0. The second-order valence-corrected chi connectivity index (χ2v) is 8.39. The number of anilines is 1. The molecule has 5 rings (SSSR count). The van der Waals surface area contributed by atoms with Gasteiger partial charge in [0.2, 0.25) is 0 Å². The average molecular weight is 446 g/mol. The van der Waals surface area contributed by atoms with Gasteiger partial charge in [-0.15, -0.1) is 0 Å². The summed E-state index contributed by atoms with van der Waals surface area (Å²) in [5.41, 5.74) is 3.62. The Bertz CT molecular complexity index is 1240. The number of fused-ring (bicyclic) bond motifs is 3. The van der Waals surface area contributed by atoms with Crippen molar-refractivity contribution in [2.75, 3.05) is 5.32 Å². The third-order valence-corrected chi connectivity index (χ3v) is 6.42. The summed E-state index contributed by atoms with van der Waals surface area (Å²) >= 11 is 6.41. The van der Waals surface area contributed by atoms with Crippen molar-refractivity contribution in [1.29, 1.82) is 0 Å². The van der Waals surface area contributed by atoms with Crippen LogP contribution in [-0.4, -0.2) is 23.1 Å². The number of benzene rings is 3. The van der Waals surface area contributed by atoms with Gasteiger partial charge in [0, 0.05) is 11.8 Å². The summed E-state index contributed by atoms with van der Waals surface area (Å²) in [5, 5.41) is 13.1. The molecule has 0 saturated carbocycles. The monoisotopic (exact) mass is 445 g/mol. The van der Waals surface area contributed by atoms with Crippen molar-refractivity contribution in [3.05, 3.63) is 95.0 Å². The topological polar surface area (TPSA) is 75.6 Å². The number of hydrogen-bond acceptors (Lipinski definition) is 4. The van der Waals surface area contributed by atoms with Crippen LogP contribution in [-0.2, 0) is 4.79 Å². The lowest BCUT2D eigenvalue weighted by Gasteiger charge is -2.35. The van der Waals surface area contributed by atoms with Crippen LogP contribution in [0.5, 0.6) is 5.75 Å². The van der Waals surface area contributed by atoms with Crippen LogP contribution in [0, 0.1) is 5.92 Å². The smallest absolute Gasteiger partial charge is 0.345 e. The molecule has 0 radical (unpaired) electrons. The molecule has 32 heavy (non-hydrogen) atoms. The normalized spacial score (nSPS) is 20.7. The summed E-state index contributed by atoms with van der Waals surface area (Å²) in [4.78, 5) is 24.9. The Morgan fingerprint density at radius 3 is 2.56 bits per heavy atom. The number of para-hydroxylation sites is 1. The molecular weight excluding hydrogens is 426 g/mol. The van der Waals surface area contributed by atoms with Crippen LogP contribution in [0.3, 0.4) is 0 Å². The van der Waals surface area contributed by atoms with Gasteiger partial charge in [0.15, 0.2) is 0 Å². The number of allylic oxidation sites excluding steroid dienone is 2. The maximum absolute atomic E-state index is 13.1. The maximum atomic E-state index is 13.1. The van der Waals surface area contributed by atoms with Crippen LogP contribution in [0.2, 0.25) is 5.02 Å². The highest BCUT2D eigenvalue weighted by atomic mass is 35.5. The third kappa shape index (κ3) is 3.55. The molecule has 2 N–H and O–H groups in total. The zero-order valence-corrected chi connectivity index (χ0v) is 17.8. The highest BCUT2D eigenvalue weighted by molar-refractivity contribution is 6.32. The van der Waals surface area contributed by atoms with Crippen LogP contribution < -0.4 is 10.1 Å². The Morgan fingerprint density at radius 1 is 1.00 bits per heavy atom. The number of hydrogen-bond donors (Lipinski definition) is 2. The first-order valence-corrected chi connectivity index (χ1v) is 10.8. The van der Waals surface area contributed by atoms with E-state index in [0.717, 1.165) is 16.7 Å². The number of carbonyl (C=O) groups is 2. The van der Waals surface area contributed by atoms with Crippen molar-refractivity contribution in [3.8, 4) is 16.9 Å². The number of esters is 1. The van der Waals surface area contributed by atoms with Crippen LogP contribution in [0.25, 0.3) is 11.1 Å². The summed E-state index contributed by atoms with van der Waals surface area (Å²) in [5.74, 6) is -1.40. The molecular formula is C26H20ClNO4. The fourth-order valence-corrected chi connectivity index (χ4v) is 4.80. The maximum Gasteiger partial charge on any atom is 0.345 e. The standard InChI is InChI=1S/C26H20ClNO4/c27-21-14-16(15-6-2-1-3-7-15)12-13-22(21)32-26(31)20-11-5-9-18-17-8-4-10-19(17)24(25(29)30)28-23(18)20/h1-9,11-14,17,19,24,28H,10H2,(H,29,30). The lowest BCUT2D eigenvalue weighted by molar-refractivity contribution is -0.139. The number of carboxylic acid groups (broad SMARTS) is 1. The predicted octanol–water partition coefficient (Wildman–Crippen LogP) is 5.76. The second-order valence-electron chi connectivity index (χ2n) is 7.98. The molecule has 0 saturated heterocycles. The van der Waals surface area contributed by atoms with Gasteiger partial charge in [-0.3, -0.25) is 0 Å². The molecule has 3 aromatic carbocycles. The minimum atomic E-state index is -0.933. The SMILES string of the molecule is O=C(Oc1ccc(-c2ccccc2)cc1Cl)c1cccc2c1NC(C(=O)O)C1CC=CC21. The van der Waals surface area contributed by atoms with Crippen LogP contribution in [0.4, 0.5) is 5.69 Å². The highest BCUT2D eigenvalue weighted by Crippen LogP contribution is 2.46. The Labute approximate surface area is 190 Å². The van der Waals surface area contributed by atoms with E-state index in [-0.39, 0.29) is 23.1 Å². The molecule has 3 aromatic rings. The lowest BCUT2D eigenvalue weighted by atomic mass is 9.78. The van der Waals surface area contributed by atoms with Gasteiger partial charge in [-0.25, -0.2) is 9.59 Å². The fraction of sp³-hybridized carbons (Fsp3) is 0.154. The summed E-state index contributed by atoms with van der Waals surface area (Å²) in [7, 11) is 0. The Kier molecular flexibility index (Phi) is 5.19. The molecule has 160 valence electrons. The minimum absolute atomic E-state index is 0.0474. The number of nitrogens with one attached hydrogen (secondary N) is 1. The van der Waals surface area contributed by atoms with Crippen molar-refractivity contribution >= 4 is 29.2 Å². The van der Waals surface area contributed by atoms with E-state index in [1.165, 1.54) is 0 Å².